The average Bonchev–Trinajstić information content (AvgIpc) is 3.37. The molecule has 0 atom stereocenters. The van der Waals surface area contributed by atoms with Crippen LogP contribution in [-0.2, 0) is 0 Å². The lowest BCUT2D eigenvalue weighted by atomic mass is 10.1. The zero-order valence-corrected chi connectivity index (χ0v) is 35.6. The maximum atomic E-state index is 5.15. The molecule has 6 nitrogen and oxygen atoms in total. The number of benzene rings is 8. The van der Waals surface area contributed by atoms with Crippen LogP contribution < -0.4 is 14.7 Å². The fourth-order valence-corrected chi connectivity index (χ4v) is 7.74. The maximum absolute atomic E-state index is 5.15. The summed E-state index contributed by atoms with van der Waals surface area (Å²) in [5.41, 5.74) is 12.0. The number of rotatable bonds is 14. The fraction of sp³-hybridized carbons (Fsp3) is 0.0172. The Morgan fingerprint density at radius 1 is 0.359 bits per heavy atom. The third-order valence-electron chi connectivity index (χ3n) is 10.8. The molecule has 308 valence electrons. The number of nitrogens with zero attached hydrogens (tertiary/aromatic N) is 6. The first-order valence-electron chi connectivity index (χ1n) is 21.4. The van der Waals surface area contributed by atoms with Crippen LogP contribution in [0.15, 0.2) is 261 Å². The Labute approximate surface area is 375 Å². The number of hydrogen-bond acceptors (Lipinski definition) is 6. The maximum Gasteiger partial charge on any atom is 0.164 e. The van der Waals surface area contributed by atoms with Gasteiger partial charge in [0.15, 0.2) is 17.5 Å². The van der Waals surface area contributed by atoms with Gasteiger partial charge in [0, 0.05) is 67.9 Å². The molecular weight excluding hydrogens is 781 g/mol. The highest BCUT2D eigenvalue weighted by Crippen LogP contribution is 2.38. The van der Waals surface area contributed by atoms with Crippen molar-refractivity contribution in [1.82, 2.24) is 15.0 Å². The standard InChI is InChI=1S/C58H46N6/c1-3-5-21-47(4-2)62(48-22-11-6-12-23-48)53-38-32-44(33-39-53)56-59-57(45-34-40-54(41-35-45)63(49-24-13-7-14-25-49)50-26-15-8-16-27-50)61-58(60-56)46-36-42-55(43-37-46)64(51-28-17-9-18-29-51)52-30-19-10-20-31-52/h3-43H,1H2,2H3/b21-5-,47-4+. The van der Waals surface area contributed by atoms with Crippen molar-refractivity contribution in [2.75, 3.05) is 14.7 Å². The average molecular weight is 827 g/mol. The number of para-hydroxylation sites is 5. The van der Waals surface area contributed by atoms with Gasteiger partial charge in [-0.2, -0.15) is 0 Å². The SMILES string of the molecule is C=C/C=C\C(=C/C)N(c1ccccc1)c1ccc(-c2nc(-c3ccc(N(c4ccccc4)c4ccccc4)cc3)nc(-c3ccc(N(c4ccccc4)c4ccccc4)cc3)n2)cc1. The van der Waals surface area contributed by atoms with Crippen LogP contribution in [-0.4, -0.2) is 15.0 Å². The Morgan fingerprint density at radius 2 is 0.625 bits per heavy atom. The summed E-state index contributed by atoms with van der Waals surface area (Å²) in [4.78, 5) is 22.2. The van der Waals surface area contributed by atoms with E-state index in [1.165, 1.54) is 0 Å². The molecule has 6 heteroatoms. The van der Waals surface area contributed by atoms with E-state index in [0.29, 0.717) is 17.5 Å². The molecule has 0 saturated heterocycles. The van der Waals surface area contributed by atoms with E-state index in [1.54, 1.807) is 6.08 Å². The second-order valence-corrected chi connectivity index (χ2v) is 14.9. The minimum absolute atomic E-state index is 0.578. The molecule has 0 amide bonds. The summed E-state index contributed by atoms with van der Waals surface area (Å²) in [5, 5.41) is 0. The smallest absolute Gasteiger partial charge is 0.164 e. The molecule has 9 rings (SSSR count). The first-order chi connectivity index (χ1) is 31.7. The third-order valence-corrected chi connectivity index (χ3v) is 10.8. The van der Waals surface area contributed by atoms with Crippen molar-refractivity contribution in [3.05, 3.63) is 261 Å². The van der Waals surface area contributed by atoms with Gasteiger partial charge in [0.05, 0.1) is 0 Å². The Kier molecular flexibility index (Phi) is 12.4. The van der Waals surface area contributed by atoms with Gasteiger partial charge in [-0.25, -0.2) is 15.0 Å². The van der Waals surface area contributed by atoms with E-state index in [2.05, 4.69) is 228 Å². The molecule has 0 aliphatic carbocycles. The molecule has 0 fully saturated rings. The summed E-state index contributed by atoms with van der Waals surface area (Å²) >= 11 is 0. The van der Waals surface area contributed by atoms with Gasteiger partial charge in [0.1, 0.15) is 0 Å². The fourth-order valence-electron chi connectivity index (χ4n) is 7.74. The topological polar surface area (TPSA) is 48.4 Å². The first-order valence-corrected chi connectivity index (χ1v) is 21.4. The van der Waals surface area contributed by atoms with Crippen molar-refractivity contribution in [2.24, 2.45) is 0 Å². The number of allylic oxidation sites excluding steroid dienone is 4. The number of aromatic nitrogens is 3. The predicted octanol–water partition coefficient (Wildman–Crippen LogP) is 15.6. The van der Waals surface area contributed by atoms with Gasteiger partial charge in [0.25, 0.3) is 0 Å². The summed E-state index contributed by atoms with van der Waals surface area (Å²) in [5.74, 6) is 1.74. The zero-order valence-electron chi connectivity index (χ0n) is 35.6. The minimum Gasteiger partial charge on any atom is -0.311 e. The lowest BCUT2D eigenvalue weighted by Crippen LogP contribution is -2.15. The summed E-state index contributed by atoms with van der Waals surface area (Å²) in [6.45, 7) is 5.94. The van der Waals surface area contributed by atoms with Crippen LogP contribution in [0, 0.1) is 0 Å². The summed E-state index contributed by atoms with van der Waals surface area (Å²) in [7, 11) is 0. The molecule has 0 unspecified atom stereocenters. The first kappa shape index (κ1) is 40.8. The van der Waals surface area contributed by atoms with Gasteiger partial charge >= 0.3 is 0 Å². The van der Waals surface area contributed by atoms with E-state index in [0.717, 1.165) is 67.9 Å². The molecule has 0 aliphatic rings. The van der Waals surface area contributed by atoms with Crippen molar-refractivity contribution < 1.29 is 0 Å². The van der Waals surface area contributed by atoms with Gasteiger partial charge < -0.3 is 14.7 Å². The van der Waals surface area contributed by atoms with Crippen molar-refractivity contribution >= 4 is 45.5 Å². The largest absolute Gasteiger partial charge is 0.311 e. The second kappa shape index (κ2) is 19.4. The molecule has 0 N–H and O–H groups in total. The van der Waals surface area contributed by atoms with Crippen LogP contribution in [0.5, 0.6) is 0 Å². The molecular formula is C58H46N6. The van der Waals surface area contributed by atoms with Crippen LogP contribution in [0.4, 0.5) is 45.5 Å². The molecule has 64 heavy (non-hydrogen) atoms. The van der Waals surface area contributed by atoms with E-state index in [1.807, 2.05) is 43.3 Å². The molecule has 1 heterocycles. The van der Waals surface area contributed by atoms with Crippen LogP contribution in [0.25, 0.3) is 34.2 Å². The predicted molar refractivity (Wildman–Crippen MR) is 267 cm³/mol. The number of hydrogen-bond donors (Lipinski definition) is 0. The lowest BCUT2D eigenvalue weighted by molar-refractivity contribution is 1.07. The molecule has 9 aromatic rings. The molecule has 0 saturated carbocycles. The zero-order chi connectivity index (χ0) is 43.5. The Bertz CT molecular complexity index is 2750. The van der Waals surface area contributed by atoms with Gasteiger partial charge in [-0.05, 0) is 146 Å². The van der Waals surface area contributed by atoms with E-state index in [4.69, 9.17) is 15.0 Å². The van der Waals surface area contributed by atoms with Crippen LogP contribution in [0.3, 0.4) is 0 Å². The highest BCUT2D eigenvalue weighted by molar-refractivity contribution is 5.80. The Hall–Kier alpha value is -8.61. The van der Waals surface area contributed by atoms with Crippen molar-refractivity contribution in [2.45, 2.75) is 6.92 Å². The summed E-state index contributed by atoms with van der Waals surface area (Å²) in [6, 6.07) is 77.2. The second-order valence-electron chi connectivity index (χ2n) is 14.9. The highest BCUT2D eigenvalue weighted by Gasteiger charge is 2.18. The Balaban J connectivity index is 1.12. The van der Waals surface area contributed by atoms with Crippen LogP contribution in [0.1, 0.15) is 6.92 Å². The van der Waals surface area contributed by atoms with E-state index >= 15 is 0 Å². The van der Waals surface area contributed by atoms with E-state index < -0.39 is 0 Å². The minimum atomic E-state index is 0.578. The van der Waals surface area contributed by atoms with Gasteiger partial charge in [-0.1, -0.05) is 116 Å². The highest BCUT2D eigenvalue weighted by atomic mass is 15.2. The third kappa shape index (κ3) is 9.03. The van der Waals surface area contributed by atoms with Gasteiger partial charge in [-0.15, -0.1) is 0 Å². The summed E-state index contributed by atoms with van der Waals surface area (Å²) in [6.07, 6.45) is 7.90. The number of anilines is 8. The van der Waals surface area contributed by atoms with Crippen molar-refractivity contribution in [1.29, 1.82) is 0 Å². The molecule has 0 spiro atoms. The quantitative estimate of drug-likeness (QED) is 0.102. The lowest BCUT2D eigenvalue weighted by Gasteiger charge is -2.26. The molecule has 0 aliphatic heterocycles. The Morgan fingerprint density at radius 3 is 0.922 bits per heavy atom. The molecule has 1 aromatic heterocycles. The normalized spacial score (nSPS) is 11.3. The summed E-state index contributed by atoms with van der Waals surface area (Å²) < 4.78 is 0. The van der Waals surface area contributed by atoms with Gasteiger partial charge in [0.2, 0.25) is 0 Å². The van der Waals surface area contributed by atoms with Gasteiger partial charge in [-0.3, -0.25) is 0 Å². The molecule has 0 bridgehead atoms. The van der Waals surface area contributed by atoms with E-state index in [9.17, 15) is 0 Å². The monoisotopic (exact) mass is 826 g/mol. The molecule has 0 radical (unpaired) electrons. The van der Waals surface area contributed by atoms with Crippen molar-refractivity contribution in [3.63, 3.8) is 0 Å². The van der Waals surface area contributed by atoms with Crippen LogP contribution >= 0.6 is 0 Å². The van der Waals surface area contributed by atoms with Crippen molar-refractivity contribution in [3.8, 4) is 34.2 Å². The molecule has 8 aromatic carbocycles. The van der Waals surface area contributed by atoms with E-state index in [-0.39, 0.29) is 0 Å². The van der Waals surface area contributed by atoms with Crippen LogP contribution in [0.2, 0.25) is 0 Å².